The summed E-state index contributed by atoms with van der Waals surface area (Å²) in [5.74, 6) is 0.216. The average molecular weight is 270 g/mol. The zero-order valence-corrected chi connectivity index (χ0v) is 12.4. The van der Waals surface area contributed by atoms with Crippen LogP contribution in [0.25, 0.3) is 0 Å². The molecule has 1 saturated heterocycles. The molecule has 0 bridgehead atoms. The van der Waals surface area contributed by atoms with Crippen LogP contribution in [0.4, 0.5) is 0 Å². The Labute approximate surface area is 115 Å². The summed E-state index contributed by atoms with van der Waals surface area (Å²) in [5, 5.41) is 7.31. The van der Waals surface area contributed by atoms with Crippen LogP contribution in [0.2, 0.25) is 0 Å². The van der Waals surface area contributed by atoms with E-state index in [1.165, 1.54) is 25.7 Å². The van der Waals surface area contributed by atoms with Crippen molar-refractivity contribution in [3.63, 3.8) is 0 Å². The molecule has 18 heavy (non-hydrogen) atoms. The van der Waals surface area contributed by atoms with E-state index in [1.54, 1.807) is 0 Å². The van der Waals surface area contributed by atoms with Gasteiger partial charge in [-0.05, 0) is 51.8 Å². The van der Waals surface area contributed by atoms with Crippen molar-refractivity contribution in [2.75, 3.05) is 12.8 Å². The van der Waals surface area contributed by atoms with Crippen molar-refractivity contribution >= 4 is 17.7 Å². The highest BCUT2D eigenvalue weighted by atomic mass is 32.2. The number of amides is 1. The fraction of sp³-hybridized carbons (Fsp3) is 0.929. The first-order valence-electron chi connectivity index (χ1n) is 7.24. The maximum atomic E-state index is 12.5. The normalized spacial score (nSPS) is 37.2. The number of carbonyl (C=O) groups excluding carboxylic acids is 1. The minimum Gasteiger partial charge on any atom is -0.351 e. The van der Waals surface area contributed by atoms with Gasteiger partial charge in [-0.1, -0.05) is 12.8 Å². The second-order valence-electron chi connectivity index (χ2n) is 5.85. The molecule has 0 aromatic heterocycles. The van der Waals surface area contributed by atoms with E-state index in [9.17, 15) is 4.79 Å². The molecule has 1 aliphatic carbocycles. The second-order valence-corrected chi connectivity index (χ2v) is 6.93. The summed E-state index contributed by atoms with van der Waals surface area (Å²) in [7, 11) is 0. The minimum atomic E-state index is -0.335. The van der Waals surface area contributed by atoms with Crippen LogP contribution in [-0.2, 0) is 4.79 Å². The zero-order valence-electron chi connectivity index (χ0n) is 11.6. The van der Waals surface area contributed by atoms with E-state index >= 15 is 0 Å². The Hall–Kier alpha value is -0.220. The van der Waals surface area contributed by atoms with Crippen LogP contribution >= 0.6 is 11.8 Å². The SMILES string of the molecule is CSC1CCCCC1NC(=O)C1(C)CCCCN1. The van der Waals surface area contributed by atoms with Gasteiger partial charge in [-0.2, -0.15) is 11.8 Å². The first-order chi connectivity index (χ1) is 8.65. The maximum absolute atomic E-state index is 12.5. The van der Waals surface area contributed by atoms with Crippen LogP contribution in [0.5, 0.6) is 0 Å². The minimum absolute atomic E-state index is 0.216. The highest BCUT2D eigenvalue weighted by Gasteiger charge is 2.36. The van der Waals surface area contributed by atoms with Gasteiger partial charge in [-0.15, -0.1) is 0 Å². The van der Waals surface area contributed by atoms with Gasteiger partial charge in [-0.25, -0.2) is 0 Å². The van der Waals surface area contributed by atoms with Crippen LogP contribution in [0.15, 0.2) is 0 Å². The third-order valence-corrected chi connectivity index (χ3v) is 5.61. The summed E-state index contributed by atoms with van der Waals surface area (Å²) < 4.78 is 0. The van der Waals surface area contributed by atoms with Crippen molar-refractivity contribution < 1.29 is 4.79 Å². The molecule has 2 rings (SSSR count). The molecule has 2 fully saturated rings. The van der Waals surface area contributed by atoms with E-state index in [1.807, 2.05) is 11.8 Å². The number of carbonyl (C=O) groups is 1. The first-order valence-corrected chi connectivity index (χ1v) is 8.53. The van der Waals surface area contributed by atoms with Crippen LogP contribution in [0.1, 0.15) is 51.9 Å². The first kappa shape index (κ1) is 14.2. The Bertz CT molecular complexity index is 290. The summed E-state index contributed by atoms with van der Waals surface area (Å²) >= 11 is 1.91. The Morgan fingerprint density at radius 2 is 2.06 bits per heavy atom. The molecular weight excluding hydrogens is 244 g/mol. The van der Waals surface area contributed by atoms with Gasteiger partial charge >= 0.3 is 0 Å². The van der Waals surface area contributed by atoms with Crippen molar-refractivity contribution in [2.24, 2.45) is 0 Å². The highest BCUT2D eigenvalue weighted by Crippen LogP contribution is 2.28. The summed E-state index contributed by atoms with van der Waals surface area (Å²) in [5.41, 5.74) is -0.335. The maximum Gasteiger partial charge on any atom is 0.240 e. The lowest BCUT2D eigenvalue weighted by Gasteiger charge is -2.37. The van der Waals surface area contributed by atoms with Gasteiger partial charge < -0.3 is 10.6 Å². The smallest absolute Gasteiger partial charge is 0.240 e. The lowest BCUT2D eigenvalue weighted by molar-refractivity contribution is -0.128. The van der Waals surface area contributed by atoms with E-state index in [0.717, 1.165) is 25.8 Å². The van der Waals surface area contributed by atoms with Crippen LogP contribution in [0.3, 0.4) is 0 Å². The molecule has 0 aromatic carbocycles. The van der Waals surface area contributed by atoms with Crippen LogP contribution < -0.4 is 10.6 Å². The van der Waals surface area contributed by atoms with Gasteiger partial charge in [0, 0.05) is 11.3 Å². The number of piperidine rings is 1. The van der Waals surface area contributed by atoms with Gasteiger partial charge in [-0.3, -0.25) is 4.79 Å². The molecule has 1 amide bonds. The second kappa shape index (κ2) is 6.29. The molecular formula is C14H26N2OS. The van der Waals surface area contributed by atoms with E-state index in [0.29, 0.717) is 11.3 Å². The Morgan fingerprint density at radius 1 is 1.28 bits per heavy atom. The third-order valence-electron chi connectivity index (χ3n) is 4.44. The Kier molecular flexibility index (Phi) is 4.96. The Balaban J connectivity index is 1.92. The molecule has 104 valence electrons. The molecule has 3 atom stereocenters. The monoisotopic (exact) mass is 270 g/mol. The van der Waals surface area contributed by atoms with Gasteiger partial charge in [0.25, 0.3) is 0 Å². The predicted octanol–water partition coefficient (Wildman–Crippen LogP) is 2.31. The molecule has 0 radical (unpaired) electrons. The fourth-order valence-corrected chi connectivity index (χ4v) is 4.06. The quantitative estimate of drug-likeness (QED) is 0.827. The van der Waals surface area contributed by atoms with Crippen molar-refractivity contribution in [1.29, 1.82) is 0 Å². The van der Waals surface area contributed by atoms with E-state index in [2.05, 4.69) is 23.8 Å². The Morgan fingerprint density at radius 3 is 2.72 bits per heavy atom. The van der Waals surface area contributed by atoms with Gasteiger partial charge in [0.15, 0.2) is 0 Å². The number of nitrogens with one attached hydrogen (secondary N) is 2. The molecule has 4 heteroatoms. The van der Waals surface area contributed by atoms with Crippen molar-refractivity contribution in [2.45, 2.75) is 68.7 Å². The standard InChI is InChI=1S/C14H26N2OS/c1-14(9-5-6-10-15-14)13(17)16-11-7-3-4-8-12(11)18-2/h11-12,15H,3-10H2,1-2H3,(H,16,17). The molecule has 3 nitrogen and oxygen atoms in total. The zero-order chi connectivity index (χ0) is 13.0. The highest BCUT2D eigenvalue weighted by molar-refractivity contribution is 7.99. The molecule has 1 saturated carbocycles. The molecule has 2 aliphatic rings. The largest absolute Gasteiger partial charge is 0.351 e. The molecule has 0 spiro atoms. The lowest BCUT2D eigenvalue weighted by Crippen LogP contribution is -2.60. The topological polar surface area (TPSA) is 41.1 Å². The van der Waals surface area contributed by atoms with E-state index < -0.39 is 0 Å². The molecule has 1 aliphatic heterocycles. The molecule has 3 unspecified atom stereocenters. The van der Waals surface area contributed by atoms with Crippen molar-refractivity contribution in [3.8, 4) is 0 Å². The number of rotatable bonds is 3. The number of hydrogen-bond acceptors (Lipinski definition) is 3. The number of thioether (sulfide) groups is 1. The van der Waals surface area contributed by atoms with Gasteiger partial charge in [0.2, 0.25) is 5.91 Å². The van der Waals surface area contributed by atoms with Gasteiger partial charge in [0.1, 0.15) is 0 Å². The lowest BCUT2D eigenvalue weighted by atomic mass is 9.88. The molecule has 0 aromatic rings. The summed E-state index contributed by atoms with van der Waals surface area (Å²) in [6, 6.07) is 0.377. The summed E-state index contributed by atoms with van der Waals surface area (Å²) in [6.07, 6.45) is 10.4. The number of hydrogen-bond donors (Lipinski definition) is 2. The third kappa shape index (κ3) is 3.21. The van der Waals surface area contributed by atoms with E-state index in [-0.39, 0.29) is 11.4 Å². The molecule has 1 heterocycles. The van der Waals surface area contributed by atoms with Gasteiger partial charge in [0.05, 0.1) is 5.54 Å². The average Bonchev–Trinajstić information content (AvgIpc) is 2.40. The summed E-state index contributed by atoms with van der Waals surface area (Å²) in [6.45, 7) is 3.03. The molecule has 2 N–H and O–H groups in total. The fourth-order valence-electron chi connectivity index (χ4n) is 3.12. The van der Waals surface area contributed by atoms with E-state index in [4.69, 9.17) is 0 Å². The summed E-state index contributed by atoms with van der Waals surface area (Å²) in [4.78, 5) is 12.5. The van der Waals surface area contributed by atoms with Crippen LogP contribution in [0, 0.1) is 0 Å². The predicted molar refractivity (Wildman–Crippen MR) is 78.0 cm³/mol. The van der Waals surface area contributed by atoms with Crippen LogP contribution in [-0.4, -0.2) is 35.5 Å². The van der Waals surface area contributed by atoms with Crippen molar-refractivity contribution in [3.05, 3.63) is 0 Å². The van der Waals surface area contributed by atoms with Crippen molar-refractivity contribution in [1.82, 2.24) is 10.6 Å².